The first kappa shape index (κ1) is 19.5. The van der Waals surface area contributed by atoms with E-state index in [4.69, 9.17) is 0 Å². The quantitative estimate of drug-likeness (QED) is 0.382. The lowest BCUT2D eigenvalue weighted by Gasteiger charge is -2.26. The van der Waals surface area contributed by atoms with Crippen molar-refractivity contribution < 1.29 is 19.8 Å². The number of carbonyl (C=O) groups excluding carboxylic acids is 2. The van der Waals surface area contributed by atoms with Crippen molar-refractivity contribution in [3.8, 4) is 5.75 Å². The van der Waals surface area contributed by atoms with Crippen LogP contribution in [0.1, 0.15) is 29.7 Å². The number of anilines is 1. The van der Waals surface area contributed by atoms with Crippen LogP contribution in [0.5, 0.6) is 5.75 Å². The van der Waals surface area contributed by atoms with Crippen molar-refractivity contribution in [2.45, 2.75) is 19.4 Å². The van der Waals surface area contributed by atoms with Gasteiger partial charge in [-0.15, -0.1) is 0 Å². The number of amides is 1. The van der Waals surface area contributed by atoms with Crippen molar-refractivity contribution in [1.29, 1.82) is 0 Å². The van der Waals surface area contributed by atoms with Crippen molar-refractivity contribution in [3.05, 3.63) is 101 Å². The Morgan fingerprint density at radius 3 is 2.17 bits per heavy atom. The SMILES string of the molecule is CCc1ccc(/C(O)=C2\C(=O)C(=O)N(c3ccccc3O)C2c2ccccc2)cc1. The highest BCUT2D eigenvalue weighted by molar-refractivity contribution is 6.51. The first-order valence-corrected chi connectivity index (χ1v) is 9.76. The van der Waals surface area contributed by atoms with E-state index in [0.717, 1.165) is 12.0 Å². The van der Waals surface area contributed by atoms with Crippen LogP contribution in [0.3, 0.4) is 0 Å². The molecule has 1 atom stereocenters. The number of phenols is 1. The molecule has 2 N–H and O–H groups in total. The minimum Gasteiger partial charge on any atom is -0.507 e. The fraction of sp³-hybridized carbons (Fsp3) is 0.120. The molecule has 1 aliphatic heterocycles. The number of Topliss-reactive ketones (excluding diaryl/α,β-unsaturated/α-hetero) is 1. The second-order valence-electron chi connectivity index (χ2n) is 7.12. The van der Waals surface area contributed by atoms with Crippen molar-refractivity contribution in [3.63, 3.8) is 0 Å². The smallest absolute Gasteiger partial charge is 0.300 e. The number of nitrogens with zero attached hydrogens (tertiary/aromatic N) is 1. The highest BCUT2D eigenvalue weighted by Gasteiger charge is 2.47. The lowest BCUT2D eigenvalue weighted by Crippen LogP contribution is -2.29. The summed E-state index contributed by atoms with van der Waals surface area (Å²) in [6.07, 6.45) is 0.850. The zero-order chi connectivity index (χ0) is 21.3. The van der Waals surface area contributed by atoms with Gasteiger partial charge in [-0.05, 0) is 29.7 Å². The van der Waals surface area contributed by atoms with Gasteiger partial charge in [0.25, 0.3) is 11.7 Å². The Balaban J connectivity index is 1.93. The molecule has 4 rings (SSSR count). The van der Waals surface area contributed by atoms with Gasteiger partial charge in [-0.2, -0.15) is 0 Å². The van der Waals surface area contributed by atoms with Gasteiger partial charge < -0.3 is 10.2 Å². The monoisotopic (exact) mass is 399 g/mol. The third-order valence-electron chi connectivity index (χ3n) is 5.34. The largest absolute Gasteiger partial charge is 0.507 e. The van der Waals surface area contributed by atoms with Gasteiger partial charge in [0, 0.05) is 5.56 Å². The van der Waals surface area contributed by atoms with E-state index in [1.165, 1.54) is 11.0 Å². The lowest BCUT2D eigenvalue weighted by molar-refractivity contribution is -0.132. The predicted molar refractivity (Wildman–Crippen MR) is 115 cm³/mol. The minimum absolute atomic E-state index is 0.00120. The number of hydrogen-bond donors (Lipinski definition) is 2. The molecular weight excluding hydrogens is 378 g/mol. The van der Waals surface area contributed by atoms with Gasteiger partial charge in [0.2, 0.25) is 0 Å². The number of aromatic hydroxyl groups is 1. The van der Waals surface area contributed by atoms with E-state index < -0.39 is 17.7 Å². The molecule has 3 aromatic rings. The van der Waals surface area contributed by atoms with Crippen LogP contribution in [0.25, 0.3) is 5.76 Å². The van der Waals surface area contributed by atoms with E-state index >= 15 is 0 Å². The van der Waals surface area contributed by atoms with E-state index in [-0.39, 0.29) is 22.8 Å². The number of aryl methyl sites for hydroxylation is 1. The zero-order valence-electron chi connectivity index (χ0n) is 16.4. The normalized spacial score (nSPS) is 18.0. The first-order chi connectivity index (χ1) is 14.5. The van der Waals surface area contributed by atoms with Crippen LogP contribution >= 0.6 is 0 Å². The highest BCUT2D eigenvalue weighted by Crippen LogP contribution is 2.44. The van der Waals surface area contributed by atoms with Crippen molar-refractivity contribution in [2.75, 3.05) is 4.90 Å². The van der Waals surface area contributed by atoms with Crippen LogP contribution in [0.2, 0.25) is 0 Å². The van der Waals surface area contributed by atoms with E-state index in [9.17, 15) is 19.8 Å². The average Bonchev–Trinajstić information content (AvgIpc) is 3.05. The predicted octanol–water partition coefficient (Wildman–Crippen LogP) is 4.58. The van der Waals surface area contributed by atoms with E-state index in [2.05, 4.69) is 0 Å². The van der Waals surface area contributed by atoms with Gasteiger partial charge in [-0.3, -0.25) is 14.5 Å². The summed E-state index contributed by atoms with van der Waals surface area (Å²) in [5.74, 6) is -1.93. The number of carbonyl (C=O) groups is 2. The Labute approximate surface area is 174 Å². The molecule has 1 unspecified atom stereocenters. The number of phenolic OH excluding ortho intramolecular Hbond substituents is 1. The van der Waals surface area contributed by atoms with E-state index in [1.807, 2.05) is 25.1 Å². The summed E-state index contributed by atoms with van der Waals surface area (Å²) in [4.78, 5) is 27.3. The zero-order valence-corrected chi connectivity index (χ0v) is 16.4. The molecule has 5 nitrogen and oxygen atoms in total. The van der Waals surface area contributed by atoms with Crippen LogP contribution in [0.15, 0.2) is 84.4 Å². The van der Waals surface area contributed by atoms with Crippen LogP contribution in [-0.2, 0) is 16.0 Å². The Bertz CT molecular complexity index is 1130. The molecule has 1 fully saturated rings. The number of para-hydroxylation sites is 2. The summed E-state index contributed by atoms with van der Waals surface area (Å²) in [5, 5.41) is 21.4. The molecule has 5 heteroatoms. The Kier molecular flexibility index (Phi) is 5.11. The summed E-state index contributed by atoms with van der Waals surface area (Å²) in [6, 6.07) is 21.8. The van der Waals surface area contributed by atoms with Gasteiger partial charge in [0.1, 0.15) is 11.5 Å². The number of aliphatic hydroxyl groups is 1. The molecule has 30 heavy (non-hydrogen) atoms. The Morgan fingerprint density at radius 1 is 0.900 bits per heavy atom. The Morgan fingerprint density at radius 2 is 1.53 bits per heavy atom. The summed E-state index contributed by atoms with van der Waals surface area (Å²) in [5.41, 5.74) is 2.43. The number of hydrogen-bond acceptors (Lipinski definition) is 4. The third kappa shape index (κ3) is 3.24. The standard InChI is InChI=1S/C25H21NO4/c1-2-16-12-14-18(15-13-16)23(28)21-22(17-8-4-3-5-9-17)26(25(30)24(21)29)19-10-6-7-11-20(19)27/h3-15,22,27-28H,2H2,1H3/b23-21+. The summed E-state index contributed by atoms with van der Waals surface area (Å²) < 4.78 is 0. The maximum Gasteiger partial charge on any atom is 0.300 e. The summed E-state index contributed by atoms with van der Waals surface area (Å²) in [7, 11) is 0. The van der Waals surface area contributed by atoms with Crippen LogP contribution in [0.4, 0.5) is 5.69 Å². The lowest BCUT2D eigenvalue weighted by atomic mass is 9.94. The van der Waals surface area contributed by atoms with E-state index in [1.54, 1.807) is 54.6 Å². The number of ketones is 1. The average molecular weight is 399 g/mol. The third-order valence-corrected chi connectivity index (χ3v) is 5.34. The maximum atomic E-state index is 13.0. The molecule has 1 heterocycles. The first-order valence-electron chi connectivity index (χ1n) is 9.76. The Hall–Kier alpha value is -3.86. The molecule has 0 aromatic heterocycles. The number of benzene rings is 3. The topological polar surface area (TPSA) is 77.8 Å². The fourth-order valence-electron chi connectivity index (χ4n) is 3.75. The second-order valence-corrected chi connectivity index (χ2v) is 7.12. The van der Waals surface area contributed by atoms with E-state index in [0.29, 0.717) is 11.1 Å². The second kappa shape index (κ2) is 7.87. The molecule has 0 bridgehead atoms. The van der Waals surface area contributed by atoms with Crippen molar-refractivity contribution in [2.24, 2.45) is 0 Å². The molecule has 150 valence electrons. The molecule has 1 amide bonds. The summed E-state index contributed by atoms with van der Waals surface area (Å²) >= 11 is 0. The maximum absolute atomic E-state index is 13.0. The van der Waals surface area contributed by atoms with Crippen LogP contribution in [0, 0.1) is 0 Å². The molecule has 0 spiro atoms. The van der Waals surface area contributed by atoms with Crippen LogP contribution < -0.4 is 4.90 Å². The van der Waals surface area contributed by atoms with Gasteiger partial charge >= 0.3 is 0 Å². The molecule has 0 saturated carbocycles. The molecule has 1 aliphatic rings. The van der Waals surface area contributed by atoms with Gasteiger partial charge in [0.05, 0.1) is 17.3 Å². The van der Waals surface area contributed by atoms with Crippen LogP contribution in [-0.4, -0.2) is 21.9 Å². The van der Waals surface area contributed by atoms with Crippen molar-refractivity contribution in [1.82, 2.24) is 0 Å². The minimum atomic E-state index is -0.856. The number of aliphatic hydroxyl groups excluding tert-OH is 1. The molecule has 0 aliphatic carbocycles. The molecule has 3 aromatic carbocycles. The van der Waals surface area contributed by atoms with Gasteiger partial charge in [-0.25, -0.2) is 0 Å². The van der Waals surface area contributed by atoms with Gasteiger partial charge in [0.15, 0.2) is 0 Å². The fourth-order valence-corrected chi connectivity index (χ4v) is 3.75. The number of rotatable bonds is 4. The molecular formula is C25H21NO4. The van der Waals surface area contributed by atoms with Crippen molar-refractivity contribution >= 4 is 23.1 Å². The summed E-state index contributed by atoms with van der Waals surface area (Å²) in [6.45, 7) is 2.03. The molecule has 0 radical (unpaired) electrons. The highest BCUT2D eigenvalue weighted by atomic mass is 16.3. The molecule has 1 saturated heterocycles. The van der Waals surface area contributed by atoms with Gasteiger partial charge in [-0.1, -0.05) is 73.7 Å².